The molecule has 1 amide bonds. The van der Waals surface area contributed by atoms with E-state index in [2.05, 4.69) is 48.8 Å². The molecule has 10 heteroatoms. The molecule has 0 unspecified atom stereocenters. The minimum absolute atomic E-state index is 0.0469. The van der Waals surface area contributed by atoms with E-state index >= 15 is 0 Å². The lowest BCUT2D eigenvalue weighted by Gasteiger charge is -2.07. The van der Waals surface area contributed by atoms with Crippen LogP contribution in [-0.2, 0) is 4.79 Å². The number of oxazole rings is 1. The molecule has 0 fully saturated rings. The average molecular weight is 594 g/mol. The van der Waals surface area contributed by atoms with Crippen molar-refractivity contribution >= 4 is 66.9 Å². The quantitative estimate of drug-likeness (QED) is 0.172. The fourth-order valence-electron chi connectivity index (χ4n) is 2.79. The van der Waals surface area contributed by atoms with Gasteiger partial charge in [-0.25, -0.2) is 4.98 Å². The van der Waals surface area contributed by atoms with Crippen LogP contribution in [-0.4, -0.2) is 22.4 Å². The predicted molar refractivity (Wildman–Crippen MR) is 127 cm³/mol. The molecule has 0 bridgehead atoms. The lowest BCUT2D eigenvalue weighted by Crippen LogP contribution is -2.20. The van der Waals surface area contributed by atoms with Crippen molar-refractivity contribution in [2.24, 2.45) is 0 Å². The van der Waals surface area contributed by atoms with Crippen molar-refractivity contribution in [1.82, 2.24) is 4.98 Å². The number of amides is 1. The van der Waals surface area contributed by atoms with Crippen LogP contribution in [0.2, 0.25) is 0 Å². The maximum absolute atomic E-state index is 12.2. The van der Waals surface area contributed by atoms with Gasteiger partial charge in [-0.2, -0.15) is 0 Å². The van der Waals surface area contributed by atoms with Gasteiger partial charge in [0.05, 0.1) is 10.5 Å². The summed E-state index contributed by atoms with van der Waals surface area (Å²) in [7, 11) is 0. The first-order chi connectivity index (χ1) is 14.9. The van der Waals surface area contributed by atoms with Crippen LogP contribution in [0, 0.1) is 13.7 Å². The van der Waals surface area contributed by atoms with Crippen LogP contribution in [0.15, 0.2) is 69.6 Å². The van der Waals surface area contributed by atoms with Crippen LogP contribution in [0.4, 0.5) is 11.4 Å². The number of rotatable bonds is 6. The highest BCUT2D eigenvalue weighted by Gasteiger charge is 2.13. The molecule has 0 aliphatic rings. The Bertz CT molecular complexity index is 1290. The van der Waals surface area contributed by atoms with Gasteiger partial charge in [0, 0.05) is 25.9 Å². The maximum atomic E-state index is 12.2. The first-order valence-electron chi connectivity index (χ1n) is 8.92. The summed E-state index contributed by atoms with van der Waals surface area (Å²) in [6.45, 7) is -0.241. The summed E-state index contributed by atoms with van der Waals surface area (Å²) < 4.78 is 13.2. The number of anilines is 1. The summed E-state index contributed by atoms with van der Waals surface area (Å²) in [6, 6.07) is 16.6. The number of carbonyl (C=O) groups excluding carboxylic acids is 1. The lowest BCUT2D eigenvalue weighted by molar-refractivity contribution is -0.384. The van der Waals surface area contributed by atoms with Gasteiger partial charge in [0.15, 0.2) is 12.2 Å². The molecule has 156 valence electrons. The van der Waals surface area contributed by atoms with E-state index in [4.69, 9.17) is 9.15 Å². The molecule has 0 atom stereocenters. The van der Waals surface area contributed by atoms with Crippen LogP contribution in [0.3, 0.4) is 0 Å². The van der Waals surface area contributed by atoms with Crippen molar-refractivity contribution in [3.05, 3.63) is 78.8 Å². The lowest BCUT2D eigenvalue weighted by atomic mass is 10.2. The number of non-ortho nitro benzene ring substituents is 1. The second-order valence-electron chi connectivity index (χ2n) is 6.41. The Morgan fingerprint density at radius 2 is 1.94 bits per heavy atom. The third-order valence-electron chi connectivity index (χ3n) is 4.25. The molecule has 0 aliphatic heterocycles. The fraction of sp³-hybridized carbons (Fsp3) is 0.0476. The van der Waals surface area contributed by atoms with Gasteiger partial charge >= 0.3 is 0 Å². The van der Waals surface area contributed by atoms with Crippen LogP contribution >= 0.6 is 38.5 Å². The maximum Gasteiger partial charge on any atom is 0.269 e. The van der Waals surface area contributed by atoms with Gasteiger partial charge in [-0.1, -0.05) is 0 Å². The number of nitrogens with one attached hydrogen (secondary N) is 1. The molecule has 0 radical (unpaired) electrons. The number of nitrogens with zero attached hydrogens (tertiary/aromatic N) is 2. The third kappa shape index (κ3) is 5.02. The van der Waals surface area contributed by atoms with E-state index < -0.39 is 4.92 Å². The van der Waals surface area contributed by atoms with E-state index in [9.17, 15) is 14.9 Å². The largest absolute Gasteiger partial charge is 0.484 e. The van der Waals surface area contributed by atoms with E-state index in [1.165, 1.54) is 24.3 Å². The molecule has 3 aromatic carbocycles. The van der Waals surface area contributed by atoms with Gasteiger partial charge in [-0.05, 0) is 87.1 Å². The Balaban J connectivity index is 1.44. The zero-order valence-corrected chi connectivity index (χ0v) is 19.4. The smallest absolute Gasteiger partial charge is 0.269 e. The number of hydrogen-bond acceptors (Lipinski definition) is 6. The molecule has 31 heavy (non-hydrogen) atoms. The average Bonchev–Trinajstić information content (AvgIpc) is 3.17. The minimum atomic E-state index is -0.501. The Morgan fingerprint density at radius 3 is 2.68 bits per heavy atom. The normalized spacial score (nSPS) is 10.8. The Labute approximate surface area is 198 Å². The van der Waals surface area contributed by atoms with Crippen molar-refractivity contribution in [3.8, 4) is 17.2 Å². The molecule has 1 heterocycles. The number of hydrogen-bond donors (Lipinski definition) is 1. The highest BCUT2D eigenvalue weighted by Crippen LogP contribution is 2.32. The standard InChI is InChI=1S/C21H13BrIN3O5/c22-17-7-1-12(23)9-16(17)21-25-18-10-13(2-8-19(18)31-21)24-20(27)11-30-15-5-3-14(4-6-15)26(28)29/h1-10H,11H2,(H,24,27). The van der Waals surface area contributed by atoms with Gasteiger partial charge in [0.1, 0.15) is 11.3 Å². The van der Waals surface area contributed by atoms with Crippen molar-refractivity contribution in [2.75, 3.05) is 11.9 Å². The Morgan fingerprint density at radius 1 is 1.16 bits per heavy atom. The van der Waals surface area contributed by atoms with Gasteiger partial charge in [-0.3, -0.25) is 14.9 Å². The van der Waals surface area contributed by atoms with Crippen LogP contribution in [0.5, 0.6) is 5.75 Å². The zero-order valence-electron chi connectivity index (χ0n) is 15.7. The number of benzene rings is 3. The molecule has 1 N–H and O–H groups in total. The first-order valence-corrected chi connectivity index (χ1v) is 10.8. The monoisotopic (exact) mass is 593 g/mol. The molecule has 0 saturated heterocycles. The van der Waals surface area contributed by atoms with Gasteiger partial charge in [0.2, 0.25) is 5.89 Å². The predicted octanol–water partition coefficient (Wildman–Crippen LogP) is 5.79. The molecular weight excluding hydrogens is 581 g/mol. The molecule has 4 aromatic rings. The summed E-state index contributed by atoms with van der Waals surface area (Å²) in [5.74, 6) is 0.465. The van der Waals surface area contributed by atoms with Crippen molar-refractivity contribution in [3.63, 3.8) is 0 Å². The number of halogens is 2. The third-order valence-corrected chi connectivity index (χ3v) is 5.61. The van der Waals surface area contributed by atoms with E-state index in [1.807, 2.05) is 18.2 Å². The summed E-state index contributed by atoms with van der Waals surface area (Å²) in [5.41, 5.74) is 2.54. The molecule has 0 spiro atoms. The second kappa shape index (κ2) is 9.02. The van der Waals surface area contributed by atoms with Gasteiger partial charge in [-0.15, -0.1) is 0 Å². The number of ether oxygens (including phenoxy) is 1. The summed E-state index contributed by atoms with van der Waals surface area (Å²) in [6.07, 6.45) is 0. The van der Waals surface area contributed by atoms with E-state index in [0.29, 0.717) is 28.4 Å². The first kappa shape index (κ1) is 21.2. The molecule has 0 aliphatic carbocycles. The molecular formula is C21H13BrIN3O5. The molecule has 8 nitrogen and oxygen atoms in total. The highest BCUT2D eigenvalue weighted by atomic mass is 127. The SMILES string of the molecule is O=C(COc1ccc([N+](=O)[O-])cc1)Nc1ccc2oc(-c3cc(I)ccc3Br)nc2c1. The van der Waals surface area contributed by atoms with Crippen molar-refractivity contribution < 1.29 is 18.9 Å². The summed E-state index contributed by atoms with van der Waals surface area (Å²) in [5, 5.41) is 13.4. The second-order valence-corrected chi connectivity index (χ2v) is 8.51. The zero-order chi connectivity index (χ0) is 22.0. The number of nitro benzene ring substituents is 1. The molecule has 4 rings (SSSR count). The van der Waals surface area contributed by atoms with Gasteiger partial charge < -0.3 is 14.5 Å². The van der Waals surface area contributed by atoms with E-state index in [0.717, 1.165) is 13.6 Å². The van der Waals surface area contributed by atoms with E-state index in [-0.39, 0.29) is 18.2 Å². The summed E-state index contributed by atoms with van der Waals surface area (Å²) >= 11 is 5.73. The Hall–Kier alpha value is -2.99. The summed E-state index contributed by atoms with van der Waals surface area (Å²) in [4.78, 5) is 26.9. The topological polar surface area (TPSA) is 108 Å². The number of carbonyl (C=O) groups is 1. The van der Waals surface area contributed by atoms with Crippen molar-refractivity contribution in [2.45, 2.75) is 0 Å². The van der Waals surface area contributed by atoms with Gasteiger partial charge in [0.25, 0.3) is 11.6 Å². The van der Waals surface area contributed by atoms with Crippen LogP contribution in [0.1, 0.15) is 0 Å². The van der Waals surface area contributed by atoms with Crippen molar-refractivity contribution in [1.29, 1.82) is 0 Å². The number of fused-ring (bicyclic) bond motifs is 1. The van der Waals surface area contributed by atoms with E-state index in [1.54, 1.807) is 18.2 Å². The van der Waals surface area contributed by atoms with Crippen LogP contribution in [0.25, 0.3) is 22.6 Å². The highest BCUT2D eigenvalue weighted by molar-refractivity contribution is 14.1. The number of aromatic nitrogens is 1. The molecule has 1 aromatic heterocycles. The number of nitro groups is 1. The minimum Gasteiger partial charge on any atom is -0.484 e. The fourth-order valence-corrected chi connectivity index (χ4v) is 3.70. The van der Waals surface area contributed by atoms with Crippen LogP contribution < -0.4 is 10.1 Å². The Kier molecular flexibility index (Phi) is 6.18. The molecule has 0 saturated carbocycles.